The maximum atomic E-state index is 6.28. The zero-order chi connectivity index (χ0) is 15.4. The Balaban J connectivity index is 1.51. The number of rotatable bonds is 4. The van der Waals surface area contributed by atoms with E-state index in [1.54, 1.807) is 9.80 Å². The first kappa shape index (κ1) is 15.5. The molecule has 0 saturated carbocycles. The molecule has 0 amide bonds. The molecule has 1 aliphatic heterocycles. The summed E-state index contributed by atoms with van der Waals surface area (Å²) in [6, 6.07) is 17.1. The third-order valence-electron chi connectivity index (χ3n) is 4.60. The van der Waals surface area contributed by atoms with Gasteiger partial charge in [-0.2, -0.15) is 0 Å². The second-order valence-electron chi connectivity index (χ2n) is 6.43. The van der Waals surface area contributed by atoms with Crippen LogP contribution >= 0.6 is 11.6 Å². The van der Waals surface area contributed by atoms with E-state index in [1.807, 2.05) is 12.1 Å². The highest BCUT2D eigenvalue weighted by Gasteiger charge is 2.23. The molecule has 0 spiro atoms. The molecule has 0 unspecified atom stereocenters. The lowest BCUT2D eigenvalue weighted by atomic mass is 10.1. The van der Waals surface area contributed by atoms with E-state index in [-0.39, 0.29) is 0 Å². The Hall–Kier alpha value is -1.35. The summed E-state index contributed by atoms with van der Waals surface area (Å²) in [6.07, 6.45) is 0. The normalized spacial score (nSPS) is 21.7. The lowest BCUT2D eigenvalue weighted by Crippen LogP contribution is -3.27. The van der Waals surface area contributed by atoms with Crippen molar-refractivity contribution in [1.82, 2.24) is 0 Å². The first-order valence-corrected chi connectivity index (χ1v) is 8.54. The van der Waals surface area contributed by atoms with Gasteiger partial charge < -0.3 is 9.80 Å². The number of benzene rings is 2. The van der Waals surface area contributed by atoms with Crippen LogP contribution in [0.2, 0.25) is 5.02 Å². The van der Waals surface area contributed by atoms with Crippen molar-refractivity contribution in [3.05, 3.63) is 70.2 Å². The molecular weight excluding hydrogens is 292 g/mol. The van der Waals surface area contributed by atoms with Crippen molar-refractivity contribution < 1.29 is 9.80 Å². The van der Waals surface area contributed by atoms with Crippen LogP contribution in [0.15, 0.2) is 48.5 Å². The van der Waals surface area contributed by atoms with Gasteiger partial charge in [-0.3, -0.25) is 0 Å². The summed E-state index contributed by atoms with van der Waals surface area (Å²) in [7, 11) is 0. The first-order valence-electron chi connectivity index (χ1n) is 8.17. The maximum Gasteiger partial charge on any atom is 0.127 e. The Labute approximate surface area is 138 Å². The molecule has 2 aromatic rings. The predicted octanol–water partition coefficient (Wildman–Crippen LogP) is 1.13. The molecule has 2 nitrogen and oxygen atoms in total. The minimum atomic E-state index is 0.907. The average molecular weight is 317 g/mol. The predicted molar refractivity (Wildman–Crippen MR) is 91.4 cm³/mol. The fourth-order valence-corrected chi connectivity index (χ4v) is 3.54. The van der Waals surface area contributed by atoms with Gasteiger partial charge in [-0.05, 0) is 13.0 Å². The SMILES string of the molecule is Cc1cccc(C[NH+]2CC[NH+](Cc3ccccc3Cl)CC2)c1. The molecule has 1 fully saturated rings. The fourth-order valence-electron chi connectivity index (χ4n) is 3.33. The number of aryl methyl sites for hydroxylation is 1. The molecule has 22 heavy (non-hydrogen) atoms. The quantitative estimate of drug-likeness (QED) is 0.837. The molecule has 2 aromatic carbocycles. The molecule has 0 radical (unpaired) electrons. The van der Waals surface area contributed by atoms with Gasteiger partial charge in [0.15, 0.2) is 0 Å². The van der Waals surface area contributed by atoms with Crippen molar-refractivity contribution in [3.63, 3.8) is 0 Å². The van der Waals surface area contributed by atoms with Crippen LogP contribution < -0.4 is 9.80 Å². The minimum absolute atomic E-state index is 0.907. The summed E-state index contributed by atoms with van der Waals surface area (Å²) in [5, 5.41) is 0.907. The van der Waals surface area contributed by atoms with E-state index >= 15 is 0 Å². The van der Waals surface area contributed by atoms with Gasteiger partial charge in [0.1, 0.15) is 39.3 Å². The van der Waals surface area contributed by atoms with Gasteiger partial charge in [-0.1, -0.05) is 59.6 Å². The smallest absolute Gasteiger partial charge is 0.127 e. The van der Waals surface area contributed by atoms with Crippen molar-refractivity contribution in [2.45, 2.75) is 20.0 Å². The van der Waals surface area contributed by atoms with Gasteiger partial charge in [0.05, 0.1) is 0 Å². The van der Waals surface area contributed by atoms with Crippen LogP contribution in [0.4, 0.5) is 0 Å². The summed E-state index contributed by atoms with van der Waals surface area (Å²) in [4.78, 5) is 3.36. The Kier molecular flexibility index (Phi) is 5.14. The third kappa shape index (κ3) is 4.10. The molecule has 1 aliphatic rings. The number of nitrogens with one attached hydrogen (secondary N) is 2. The summed E-state index contributed by atoms with van der Waals surface area (Å²) >= 11 is 6.28. The van der Waals surface area contributed by atoms with Crippen LogP contribution in [-0.2, 0) is 13.1 Å². The number of hydrogen-bond donors (Lipinski definition) is 2. The maximum absolute atomic E-state index is 6.28. The Morgan fingerprint density at radius 3 is 2.23 bits per heavy atom. The van der Waals surface area contributed by atoms with Crippen LogP contribution in [-0.4, -0.2) is 26.2 Å². The van der Waals surface area contributed by atoms with Crippen LogP contribution in [0.3, 0.4) is 0 Å². The minimum Gasteiger partial charge on any atom is -0.322 e. The van der Waals surface area contributed by atoms with Crippen LogP contribution in [0.1, 0.15) is 16.7 Å². The molecule has 3 rings (SSSR count). The van der Waals surface area contributed by atoms with Crippen molar-refractivity contribution in [2.75, 3.05) is 26.2 Å². The highest BCUT2D eigenvalue weighted by Crippen LogP contribution is 2.13. The summed E-state index contributed by atoms with van der Waals surface area (Å²) < 4.78 is 0. The van der Waals surface area contributed by atoms with E-state index in [0.29, 0.717) is 0 Å². The van der Waals surface area contributed by atoms with Crippen molar-refractivity contribution >= 4 is 11.6 Å². The van der Waals surface area contributed by atoms with Crippen molar-refractivity contribution in [3.8, 4) is 0 Å². The second kappa shape index (κ2) is 7.28. The van der Waals surface area contributed by atoms with Gasteiger partial charge in [-0.25, -0.2) is 0 Å². The molecule has 0 aliphatic carbocycles. The zero-order valence-corrected chi connectivity index (χ0v) is 14.0. The standard InChI is InChI=1S/C19H23ClN2/c1-16-5-4-6-17(13-16)14-21-9-11-22(12-10-21)15-18-7-2-3-8-19(18)20/h2-8,13H,9-12,14-15H2,1H3/p+2. The van der Waals surface area contributed by atoms with Crippen molar-refractivity contribution in [1.29, 1.82) is 0 Å². The van der Waals surface area contributed by atoms with Gasteiger partial charge in [-0.15, -0.1) is 0 Å². The Bertz CT molecular complexity index is 618. The van der Waals surface area contributed by atoms with Gasteiger partial charge >= 0.3 is 0 Å². The van der Waals surface area contributed by atoms with Crippen molar-refractivity contribution in [2.24, 2.45) is 0 Å². The molecular formula is C19H25ClN2+2. The monoisotopic (exact) mass is 316 g/mol. The lowest BCUT2D eigenvalue weighted by molar-refractivity contribution is -1.02. The highest BCUT2D eigenvalue weighted by atomic mass is 35.5. The number of hydrogen-bond acceptors (Lipinski definition) is 0. The Morgan fingerprint density at radius 1 is 0.864 bits per heavy atom. The summed E-state index contributed by atoms with van der Waals surface area (Å²) in [5.41, 5.74) is 4.10. The average Bonchev–Trinajstić information content (AvgIpc) is 2.52. The number of quaternary nitrogens is 2. The summed E-state index contributed by atoms with van der Waals surface area (Å²) in [5.74, 6) is 0. The van der Waals surface area contributed by atoms with Gasteiger partial charge in [0.2, 0.25) is 0 Å². The molecule has 0 bridgehead atoms. The molecule has 3 heteroatoms. The fraction of sp³-hybridized carbons (Fsp3) is 0.368. The topological polar surface area (TPSA) is 8.88 Å². The van der Waals surface area contributed by atoms with E-state index in [0.717, 1.165) is 18.1 Å². The second-order valence-corrected chi connectivity index (χ2v) is 6.84. The first-order chi connectivity index (χ1) is 10.7. The highest BCUT2D eigenvalue weighted by molar-refractivity contribution is 6.31. The van der Waals surface area contributed by atoms with E-state index in [9.17, 15) is 0 Å². The van der Waals surface area contributed by atoms with E-state index < -0.39 is 0 Å². The van der Waals surface area contributed by atoms with E-state index in [1.165, 1.54) is 42.9 Å². The molecule has 0 atom stereocenters. The lowest BCUT2D eigenvalue weighted by Gasteiger charge is -2.30. The Morgan fingerprint density at radius 2 is 1.55 bits per heavy atom. The molecule has 0 aromatic heterocycles. The van der Waals surface area contributed by atoms with Crippen LogP contribution in [0.5, 0.6) is 0 Å². The van der Waals surface area contributed by atoms with Gasteiger partial charge in [0.25, 0.3) is 0 Å². The van der Waals surface area contributed by atoms with E-state index in [4.69, 9.17) is 11.6 Å². The van der Waals surface area contributed by atoms with Crippen LogP contribution in [0.25, 0.3) is 0 Å². The molecule has 1 saturated heterocycles. The number of halogens is 1. The molecule has 2 N–H and O–H groups in total. The molecule has 116 valence electrons. The summed E-state index contributed by atoms with van der Waals surface area (Å²) in [6.45, 7) is 9.32. The molecule has 1 heterocycles. The zero-order valence-electron chi connectivity index (χ0n) is 13.2. The van der Waals surface area contributed by atoms with E-state index in [2.05, 4.69) is 43.3 Å². The largest absolute Gasteiger partial charge is 0.322 e. The van der Waals surface area contributed by atoms with Crippen LogP contribution in [0, 0.1) is 6.92 Å². The van der Waals surface area contributed by atoms with Gasteiger partial charge in [0, 0.05) is 16.1 Å². The number of piperazine rings is 1. The third-order valence-corrected chi connectivity index (χ3v) is 4.97.